The molecule has 22 heavy (non-hydrogen) atoms. The summed E-state index contributed by atoms with van der Waals surface area (Å²) < 4.78 is 10.4. The molecule has 0 fully saturated rings. The van der Waals surface area contributed by atoms with Crippen molar-refractivity contribution in [1.29, 1.82) is 0 Å². The van der Waals surface area contributed by atoms with Crippen molar-refractivity contribution in [1.82, 2.24) is 4.57 Å². The van der Waals surface area contributed by atoms with Crippen LogP contribution < -0.4 is 17.0 Å². The van der Waals surface area contributed by atoms with Crippen molar-refractivity contribution in [3.8, 4) is 0 Å². The molecule has 1 heterocycles. The highest BCUT2D eigenvalue weighted by Crippen LogP contribution is 2.12. The molecule has 3 nitrogen and oxygen atoms in total. The van der Waals surface area contributed by atoms with Crippen molar-refractivity contribution in [2.24, 2.45) is 0 Å². The number of fused-ring (bicyclic) bond motifs is 1. The average Bonchev–Trinajstić information content (AvgIpc) is 2.87. The summed E-state index contributed by atoms with van der Waals surface area (Å²) in [4.78, 5) is 0. The van der Waals surface area contributed by atoms with Gasteiger partial charge in [-0.05, 0) is 31.4 Å². The minimum atomic E-state index is 0. The zero-order valence-electron chi connectivity index (χ0n) is 13.9. The monoisotopic (exact) mass is 324 g/mol. The molecule has 0 saturated carbocycles. The van der Waals surface area contributed by atoms with E-state index >= 15 is 0 Å². The second-order valence-electron chi connectivity index (χ2n) is 5.72. The van der Waals surface area contributed by atoms with Crippen LogP contribution in [0.15, 0.2) is 30.6 Å². The van der Waals surface area contributed by atoms with Crippen LogP contribution >= 0.6 is 0 Å². The summed E-state index contributed by atoms with van der Waals surface area (Å²) in [6.07, 6.45) is 9.72. The Morgan fingerprint density at radius 2 is 1.77 bits per heavy atom. The Bertz CT molecular complexity index is 493. The van der Waals surface area contributed by atoms with Gasteiger partial charge in [-0.2, -0.15) is 0 Å². The van der Waals surface area contributed by atoms with E-state index in [9.17, 15) is 0 Å². The van der Waals surface area contributed by atoms with E-state index in [1.165, 1.54) is 43.1 Å². The van der Waals surface area contributed by atoms with Gasteiger partial charge in [-0.25, -0.2) is 9.13 Å². The summed E-state index contributed by atoms with van der Waals surface area (Å²) >= 11 is 0. The summed E-state index contributed by atoms with van der Waals surface area (Å²) in [6.45, 7) is 7.05. The highest BCUT2D eigenvalue weighted by atomic mass is 35.5. The van der Waals surface area contributed by atoms with Gasteiger partial charge in [0.2, 0.25) is 6.33 Å². The molecule has 0 bridgehead atoms. The van der Waals surface area contributed by atoms with Gasteiger partial charge < -0.3 is 17.1 Å². The fourth-order valence-electron chi connectivity index (χ4n) is 2.64. The Labute approximate surface area is 140 Å². The summed E-state index contributed by atoms with van der Waals surface area (Å²) in [7, 11) is 0. The first-order chi connectivity index (χ1) is 10.4. The minimum Gasteiger partial charge on any atom is -1.00 e. The lowest BCUT2D eigenvalue weighted by Gasteiger charge is -2.00. The highest BCUT2D eigenvalue weighted by Gasteiger charge is 2.14. The lowest BCUT2D eigenvalue weighted by atomic mass is 10.2. The Kier molecular flexibility index (Phi) is 9.17. The first kappa shape index (κ1) is 19.0. The first-order valence-electron chi connectivity index (χ1n) is 8.41. The van der Waals surface area contributed by atoms with Crippen LogP contribution in [-0.4, -0.2) is 11.2 Å². The van der Waals surface area contributed by atoms with Gasteiger partial charge in [-0.1, -0.05) is 45.2 Å². The van der Waals surface area contributed by atoms with Crippen LogP contribution in [0.25, 0.3) is 11.0 Å². The molecular formula is C18H29ClN2O. The number of rotatable bonds is 10. The van der Waals surface area contributed by atoms with Gasteiger partial charge in [0.25, 0.3) is 0 Å². The minimum absolute atomic E-state index is 0. The third-order valence-electron chi connectivity index (χ3n) is 3.90. The first-order valence-corrected chi connectivity index (χ1v) is 8.41. The third kappa shape index (κ3) is 5.29. The molecule has 0 aliphatic carbocycles. The van der Waals surface area contributed by atoms with E-state index in [2.05, 4.69) is 53.6 Å². The topological polar surface area (TPSA) is 18.0 Å². The van der Waals surface area contributed by atoms with Crippen molar-refractivity contribution < 1.29 is 21.7 Å². The van der Waals surface area contributed by atoms with Crippen LogP contribution in [0.5, 0.6) is 0 Å². The number of hydrogen-bond acceptors (Lipinski definition) is 1. The third-order valence-corrected chi connectivity index (χ3v) is 3.90. The van der Waals surface area contributed by atoms with Crippen LogP contribution in [0.2, 0.25) is 0 Å². The van der Waals surface area contributed by atoms with E-state index in [4.69, 9.17) is 4.74 Å². The number of benzene rings is 1. The van der Waals surface area contributed by atoms with Crippen LogP contribution in [0.1, 0.15) is 52.4 Å². The Morgan fingerprint density at radius 3 is 2.55 bits per heavy atom. The summed E-state index contributed by atoms with van der Waals surface area (Å²) in [5.41, 5.74) is 2.58. The molecule has 0 unspecified atom stereocenters. The van der Waals surface area contributed by atoms with Gasteiger partial charge in [0.1, 0.15) is 0 Å². The van der Waals surface area contributed by atoms with Crippen LogP contribution in [0.4, 0.5) is 0 Å². The number of nitrogens with zero attached hydrogens (tertiary/aromatic N) is 2. The van der Waals surface area contributed by atoms with Crippen molar-refractivity contribution in [2.75, 3.05) is 6.61 Å². The predicted molar refractivity (Wildman–Crippen MR) is 87.1 cm³/mol. The van der Waals surface area contributed by atoms with Crippen LogP contribution in [0, 0.1) is 0 Å². The van der Waals surface area contributed by atoms with E-state index in [0.29, 0.717) is 6.73 Å². The molecule has 2 rings (SSSR count). The molecule has 0 aliphatic heterocycles. The number of ether oxygens (including phenoxy) is 1. The fraction of sp³-hybridized carbons (Fsp3) is 0.611. The normalized spacial score (nSPS) is 10.8. The summed E-state index contributed by atoms with van der Waals surface area (Å²) in [5.74, 6) is 0. The number of halogens is 1. The number of imidazole rings is 1. The molecule has 0 spiro atoms. The zero-order chi connectivity index (χ0) is 14.9. The lowest BCUT2D eigenvalue weighted by molar-refractivity contribution is -0.710. The maximum Gasteiger partial charge on any atom is 0.246 e. The molecule has 0 amide bonds. The molecule has 4 heteroatoms. The van der Waals surface area contributed by atoms with Crippen molar-refractivity contribution in [2.45, 2.75) is 65.6 Å². The average molecular weight is 325 g/mol. The lowest BCUT2D eigenvalue weighted by Crippen LogP contribution is -3.00. The number of unbranched alkanes of at least 4 members (excludes halogenated alkanes) is 4. The summed E-state index contributed by atoms with van der Waals surface area (Å²) in [5, 5.41) is 0. The van der Waals surface area contributed by atoms with Gasteiger partial charge in [0.15, 0.2) is 17.8 Å². The Balaban J connectivity index is 0.00000242. The molecular weight excluding hydrogens is 296 g/mol. The molecule has 0 radical (unpaired) electrons. The molecule has 0 saturated heterocycles. The van der Waals surface area contributed by atoms with Gasteiger partial charge in [-0.15, -0.1) is 0 Å². The fourth-order valence-corrected chi connectivity index (χ4v) is 2.64. The maximum atomic E-state index is 5.77. The number of para-hydroxylation sites is 2. The number of hydrogen-bond donors (Lipinski definition) is 0. The standard InChI is InChI=1S/C18H29N2O.ClH/c1-3-5-7-10-13-19-15-20(16-21-14-6-4-2)18-12-9-8-11-17(18)19;/h8-9,11-12,15H,3-7,10,13-14,16H2,1-2H3;1H/q+1;/p-1. The number of aromatic nitrogens is 2. The Morgan fingerprint density at radius 1 is 1.00 bits per heavy atom. The quantitative estimate of drug-likeness (QED) is 0.476. The molecule has 2 aromatic rings. The van der Waals surface area contributed by atoms with Crippen molar-refractivity contribution >= 4 is 11.0 Å². The highest BCUT2D eigenvalue weighted by molar-refractivity contribution is 5.71. The van der Waals surface area contributed by atoms with E-state index in [1.54, 1.807) is 0 Å². The second kappa shape index (κ2) is 10.6. The van der Waals surface area contributed by atoms with Gasteiger partial charge in [0, 0.05) is 0 Å². The molecule has 0 aliphatic rings. The van der Waals surface area contributed by atoms with E-state index in [-0.39, 0.29) is 12.4 Å². The van der Waals surface area contributed by atoms with E-state index < -0.39 is 0 Å². The molecule has 0 atom stereocenters. The molecule has 124 valence electrons. The van der Waals surface area contributed by atoms with Crippen molar-refractivity contribution in [3.63, 3.8) is 0 Å². The van der Waals surface area contributed by atoms with E-state index in [1.807, 2.05) is 0 Å². The van der Waals surface area contributed by atoms with Crippen LogP contribution in [0.3, 0.4) is 0 Å². The zero-order valence-corrected chi connectivity index (χ0v) is 14.7. The van der Waals surface area contributed by atoms with E-state index in [0.717, 1.165) is 19.6 Å². The van der Waals surface area contributed by atoms with Crippen LogP contribution in [-0.2, 0) is 18.0 Å². The summed E-state index contributed by atoms with van der Waals surface area (Å²) in [6, 6.07) is 8.61. The second-order valence-corrected chi connectivity index (χ2v) is 5.72. The molecule has 0 N–H and O–H groups in total. The largest absolute Gasteiger partial charge is 1.00 e. The van der Waals surface area contributed by atoms with Gasteiger partial charge in [0.05, 0.1) is 13.2 Å². The molecule has 1 aromatic carbocycles. The predicted octanol–water partition coefficient (Wildman–Crippen LogP) is 1.29. The number of aryl methyl sites for hydroxylation is 1. The Hall–Kier alpha value is -1.06. The van der Waals surface area contributed by atoms with Gasteiger partial charge >= 0.3 is 0 Å². The molecule has 1 aromatic heterocycles. The smallest absolute Gasteiger partial charge is 0.246 e. The maximum absolute atomic E-state index is 5.77. The SMILES string of the molecule is CCCCCCn1c[n+](COCCCC)c2ccccc21.[Cl-]. The van der Waals surface area contributed by atoms with Crippen molar-refractivity contribution in [3.05, 3.63) is 30.6 Å². The van der Waals surface area contributed by atoms with Gasteiger partial charge in [-0.3, -0.25) is 0 Å².